The summed E-state index contributed by atoms with van der Waals surface area (Å²) >= 11 is 1.43. The first-order valence-corrected chi connectivity index (χ1v) is 12.3. The molecule has 0 aliphatic heterocycles. The number of nitrogens with zero attached hydrogens (tertiary/aromatic N) is 4. The average molecular weight is 450 g/mol. The molecule has 0 saturated carbocycles. The van der Waals surface area contributed by atoms with Gasteiger partial charge in [0.2, 0.25) is 15.9 Å². The van der Waals surface area contributed by atoms with Crippen LogP contribution in [0.1, 0.15) is 37.9 Å². The Balaban J connectivity index is 1.82. The van der Waals surface area contributed by atoms with Crippen molar-refractivity contribution in [2.75, 3.05) is 18.4 Å². The zero-order valence-electron chi connectivity index (χ0n) is 17.7. The van der Waals surface area contributed by atoms with Gasteiger partial charge in [-0.1, -0.05) is 13.8 Å². The molecule has 30 heavy (non-hydrogen) atoms. The Morgan fingerprint density at radius 3 is 2.57 bits per heavy atom. The minimum atomic E-state index is -3.55. The number of nitrogens with one attached hydrogen (secondary N) is 1. The van der Waals surface area contributed by atoms with Gasteiger partial charge in [-0.3, -0.25) is 4.79 Å². The lowest BCUT2D eigenvalue weighted by Crippen LogP contribution is -2.30. The van der Waals surface area contributed by atoms with Crippen LogP contribution in [0, 0.1) is 6.92 Å². The van der Waals surface area contributed by atoms with E-state index in [1.807, 2.05) is 32.3 Å². The van der Waals surface area contributed by atoms with E-state index in [2.05, 4.69) is 15.3 Å². The molecule has 0 unspecified atom stereocenters. The van der Waals surface area contributed by atoms with Crippen molar-refractivity contribution in [2.24, 2.45) is 0 Å². The van der Waals surface area contributed by atoms with E-state index in [-0.39, 0.29) is 17.2 Å². The summed E-state index contributed by atoms with van der Waals surface area (Å²) in [6.45, 7) is 9.10. The first kappa shape index (κ1) is 22.4. The van der Waals surface area contributed by atoms with Crippen LogP contribution in [-0.4, -0.2) is 46.3 Å². The predicted octanol–water partition coefficient (Wildman–Crippen LogP) is 3.42. The number of aryl methyl sites for hydroxylation is 3. The summed E-state index contributed by atoms with van der Waals surface area (Å²) in [7, 11) is -3.55. The summed E-state index contributed by atoms with van der Waals surface area (Å²) in [5.41, 5.74) is 1.48. The lowest BCUT2D eigenvalue weighted by atomic mass is 10.3. The molecule has 0 spiro atoms. The summed E-state index contributed by atoms with van der Waals surface area (Å²) < 4.78 is 29.1. The van der Waals surface area contributed by atoms with Crippen molar-refractivity contribution < 1.29 is 13.2 Å². The molecule has 1 N–H and O–H groups in total. The Morgan fingerprint density at radius 2 is 1.97 bits per heavy atom. The van der Waals surface area contributed by atoms with Crippen molar-refractivity contribution in [1.29, 1.82) is 0 Å². The van der Waals surface area contributed by atoms with Gasteiger partial charge in [-0.25, -0.2) is 18.4 Å². The van der Waals surface area contributed by atoms with Gasteiger partial charge in [0.1, 0.15) is 5.82 Å². The molecule has 0 saturated heterocycles. The average Bonchev–Trinajstić information content (AvgIpc) is 3.28. The van der Waals surface area contributed by atoms with Gasteiger partial charge in [0.15, 0.2) is 5.13 Å². The van der Waals surface area contributed by atoms with E-state index in [0.717, 1.165) is 16.2 Å². The number of thiazole rings is 1. The highest BCUT2D eigenvalue weighted by atomic mass is 32.2. The molecule has 3 rings (SSSR count). The molecule has 2 aromatic heterocycles. The molecule has 0 aliphatic carbocycles. The number of hydrogen-bond donors (Lipinski definition) is 1. The lowest BCUT2D eigenvalue weighted by molar-refractivity contribution is -0.116. The molecule has 0 atom stereocenters. The summed E-state index contributed by atoms with van der Waals surface area (Å²) in [6, 6.07) is 5.05. The van der Waals surface area contributed by atoms with Crippen molar-refractivity contribution in [1.82, 2.24) is 18.8 Å². The molecule has 3 aromatic rings. The molecular formula is C20H27N5O3S2. The number of amides is 1. The normalized spacial score (nSPS) is 12.0. The third-order valence-corrected chi connectivity index (χ3v) is 7.78. The Kier molecular flexibility index (Phi) is 6.89. The maximum absolute atomic E-state index is 12.8. The largest absolute Gasteiger partial charge is 0.328 e. The molecule has 10 heteroatoms. The van der Waals surface area contributed by atoms with Gasteiger partial charge in [-0.15, -0.1) is 11.3 Å². The van der Waals surface area contributed by atoms with Crippen molar-refractivity contribution in [3.05, 3.63) is 35.1 Å². The second-order valence-electron chi connectivity index (χ2n) is 6.84. The molecule has 0 bridgehead atoms. The van der Waals surface area contributed by atoms with E-state index < -0.39 is 10.0 Å². The minimum absolute atomic E-state index is 0.121. The number of hydrogen-bond acceptors (Lipinski definition) is 6. The van der Waals surface area contributed by atoms with Gasteiger partial charge in [0, 0.05) is 43.5 Å². The third kappa shape index (κ3) is 4.55. The first-order chi connectivity index (χ1) is 14.3. The number of sulfonamides is 1. The van der Waals surface area contributed by atoms with Crippen molar-refractivity contribution in [3.8, 4) is 0 Å². The number of anilines is 1. The maximum Gasteiger partial charge on any atom is 0.243 e. The van der Waals surface area contributed by atoms with Crippen LogP contribution in [-0.2, 0) is 27.8 Å². The van der Waals surface area contributed by atoms with Crippen LogP contribution in [0.25, 0.3) is 11.0 Å². The number of aromatic nitrogens is 3. The topological polar surface area (TPSA) is 97.2 Å². The number of carbonyl (C=O) groups is 1. The van der Waals surface area contributed by atoms with Crippen LogP contribution in [0.2, 0.25) is 0 Å². The minimum Gasteiger partial charge on any atom is -0.328 e. The zero-order valence-corrected chi connectivity index (χ0v) is 19.3. The number of fused-ring (bicyclic) bond motifs is 1. The van der Waals surface area contributed by atoms with Crippen LogP contribution in [0.15, 0.2) is 29.3 Å². The van der Waals surface area contributed by atoms with Gasteiger partial charge < -0.3 is 9.88 Å². The molecular weight excluding hydrogens is 422 g/mol. The van der Waals surface area contributed by atoms with Crippen LogP contribution < -0.4 is 5.32 Å². The summed E-state index contributed by atoms with van der Waals surface area (Å²) in [4.78, 5) is 22.3. The van der Waals surface area contributed by atoms with Gasteiger partial charge in [-0.2, -0.15) is 4.31 Å². The molecule has 0 radical (unpaired) electrons. The third-order valence-electron chi connectivity index (χ3n) is 4.90. The quantitative estimate of drug-likeness (QED) is 0.540. The summed E-state index contributed by atoms with van der Waals surface area (Å²) in [5.74, 6) is 0.638. The van der Waals surface area contributed by atoms with E-state index in [1.165, 1.54) is 15.6 Å². The van der Waals surface area contributed by atoms with Crippen LogP contribution in [0.5, 0.6) is 0 Å². The fourth-order valence-electron chi connectivity index (χ4n) is 3.40. The fraction of sp³-hybridized carbons (Fsp3) is 0.450. The van der Waals surface area contributed by atoms with Gasteiger partial charge in [0.05, 0.1) is 15.9 Å². The molecule has 1 aromatic carbocycles. The smallest absolute Gasteiger partial charge is 0.243 e. The standard InChI is InChI=1S/C20H27N5O3S2/c1-5-24(6-2)30(27,28)15-8-9-17-16(12-15)22-18(25(17)7-3)10-11-19(26)23-20-21-13-14(4)29-20/h8-9,12-13H,5-7,10-11H2,1-4H3,(H,21,23,26). The zero-order chi connectivity index (χ0) is 21.9. The molecule has 2 heterocycles. The number of imidazole rings is 1. The van der Waals surface area contributed by atoms with Gasteiger partial charge in [-0.05, 0) is 32.0 Å². The molecule has 162 valence electrons. The second-order valence-corrected chi connectivity index (χ2v) is 10.0. The van der Waals surface area contributed by atoms with E-state index in [9.17, 15) is 13.2 Å². The lowest BCUT2D eigenvalue weighted by Gasteiger charge is -2.18. The number of carbonyl (C=O) groups excluding carboxylic acids is 1. The highest BCUT2D eigenvalue weighted by Gasteiger charge is 2.23. The van der Waals surface area contributed by atoms with Gasteiger partial charge >= 0.3 is 0 Å². The monoisotopic (exact) mass is 449 g/mol. The van der Waals surface area contributed by atoms with Crippen molar-refractivity contribution >= 4 is 43.4 Å². The van der Waals surface area contributed by atoms with E-state index in [4.69, 9.17) is 0 Å². The second kappa shape index (κ2) is 9.23. The Bertz CT molecular complexity index is 1150. The summed E-state index contributed by atoms with van der Waals surface area (Å²) in [6.07, 6.45) is 2.45. The Labute approximate surface area is 181 Å². The number of benzene rings is 1. The van der Waals surface area contributed by atoms with Gasteiger partial charge in [0.25, 0.3) is 0 Å². The van der Waals surface area contributed by atoms with Crippen LogP contribution in [0.3, 0.4) is 0 Å². The molecule has 0 fully saturated rings. The fourth-order valence-corrected chi connectivity index (χ4v) is 5.56. The van der Waals surface area contributed by atoms with E-state index in [1.54, 1.807) is 24.4 Å². The molecule has 0 aliphatic rings. The Morgan fingerprint density at radius 1 is 1.23 bits per heavy atom. The maximum atomic E-state index is 12.8. The van der Waals surface area contributed by atoms with Crippen LogP contribution in [0.4, 0.5) is 5.13 Å². The van der Waals surface area contributed by atoms with Crippen molar-refractivity contribution in [2.45, 2.75) is 52.0 Å². The Hall–Kier alpha value is -2.30. The predicted molar refractivity (Wildman–Crippen MR) is 119 cm³/mol. The van der Waals surface area contributed by atoms with E-state index in [0.29, 0.717) is 36.7 Å². The highest BCUT2D eigenvalue weighted by molar-refractivity contribution is 7.89. The molecule has 1 amide bonds. The highest BCUT2D eigenvalue weighted by Crippen LogP contribution is 2.24. The van der Waals surface area contributed by atoms with Crippen molar-refractivity contribution in [3.63, 3.8) is 0 Å². The first-order valence-electron chi connectivity index (χ1n) is 10.0. The number of rotatable bonds is 9. The van der Waals surface area contributed by atoms with E-state index >= 15 is 0 Å². The molecule has 8 nitrogen and oxygen atoms in total. The SMILES string of the molecule is CCN(CC)S(=O)(=O)c1ccc2c(c1)nc(CCC(=O)Nc1ncc(C)s1)n2CC. The summed E-state index contributed by atoms with van der Waals surface area (Å²) in [5, 5.41) is 3.40. The van der Waals surface area contributed by atoms with Crippen LogP contribution >= 0.6 is 11.3 Å².